The first-order valence-electron chi connectivity index (χ1n) is 21.0. The molecule has 0 bridgehead atoms. The third-order valence-corrected chi connectivity index (χ3v) is 15.8. The Balaban J connectivity index is 0.000000164. The zero-order chi connectivity index (χ0) is 41.6. The van der Waals surface area contributed by atoms with Gasteiger partial charge in [0, 0.05) is 44.7 Å². The van der Waals surface area contributed by atoms with Crippen LogP contribution in [-0.4, -0.2) is 81.2 Å². The summed E-state index contributed by atoms with van der Waals surface area (Å²) in [6.07, 6.45) is 17.3. The van der Waals surface area contributed by atoms with Crippen LogP contribution in [0.15, 0.2) is 12.1 Å². The van der Waals surface area contributed by atoms with Gasteiger partial charge in [0.1, 0.15) is 5.75 Å². The Labute approximate surface area is 343 Å². The van der Waals surface area contributed by atoms with Crippen LogP contribution >= 0.6 is 0 Å². The number of nitrogens with two attached hydrogens (primary N) is 1. The van der Waals surface area contributed by atoms with Crippen LogP contribution in [0.25, 0.3) is 0 Å². The van der Waals surface area contributed by atoms with Crippen molar-refractivity contribution in [2.75, 3.05) is 31.5 Å². The van der Waals surface area contributed by atoms with Crippen molar-refractivity contribution in [2.45, 2.75) is 140 Å². The minimum atomic E-state index is -3.79. The fraction of sp³-hybridized carbons (Fsp3) is 0.619. The van der Waals surface area contributed by atoms with Crippen molar-refractivity contribution in [1.82, 2.24) is 14.5 Å². The molecule has 4 aliphatic carbocycles. The summed E-state index contributed by atoms with van der Waals surface area (Å²) in [7, 11) is -7.21. The number of carbonyl (C=O) groups is 3. The molecule has 2 aromatic rings. The number of benzene rings is 2. The molecular formula is C42H58N6O8S2. The number of hydrogen-bond donors (Lipinski definition) is 3. The van der Waals surface area contributed by atoms with Crippen molar-refractivity contribution >= 4 is 43.6 Å². The summed E-state index contributed by atoms with van der Waals surface area (Å²) < 4.78 is 54.9. The summed E-state index contributed by atoms with van der Waals surface area (Å²) in [5.74, 6) is 1.02. The molecule has 4 N–H and O–H groups in total. The van der Waals surface area contributed by atoms with E-state index in [0.29, 0.717) is 64.7 Å². The van der Waals surface area contributed by atoms with E-state index in [4.69, 9.17) is 15.1 Å². The van der Waals surface area contributed by atoms with Gasteiger partial charge < -0.3 is 19.9 Å². The number of nitrogens with one attached hydrogen (secondary N) is 2. The summed E-state index contributed by atoms with van der Waals surface area (Å²) in [6, 6.07) is 3.94. The number of sulfonamides is 2. The van der Waals surface area contributed by atoms with E-state index >= 15 is 0 Å². The zero-order valence-corrected chi connectivity index (χ0v) is 35.5. The molecule has 0 aromatic heterocycles. The molecule has 316 valence electrons. The van der Waals surface area contributed by atoms with Gasteiger partial charge in [-0.2, -0.15) is 0 Å². The first-order chi connectivity index (χ1) is 27.7. The Bertz CT molecular complexity index is 2090. The summed E-state index contributed by atoms with van der Waals surface area (Å²) in [5.41, 5.74) is 11.2. The average molecular weight is 839 g/mol. The number of primary sulfonamides is 1. The van der Waals surface area contributed by atoms with Crippen LogP contribution in [0.5, 0.6) is 5.75 Å². The normalized spacial score (nSPS) is 18.7. The highest BCUT2D eigenvalue weighted by molar-refractivity contribution is 7.90. The van der Waals surface area contributed by atoms with E-state index in [1.807, 2.05) is 6.26 Å². The van der Waals surface area contributed by atoms with E-state index in [-0.39, 0.29) is 11.8 Å². The molecule has 4 amide bonds. The molecular weight excluding hydrogens is 781 g/mol. The number of anilines is 1. The first-order valence-corrected chi connectivity index (χ1v) is 24.2. The van der Waals surface area contributed by atoms with Gasteiger partial charge in [-0.1, -0.05) is 26.0 Å². The smallest absolute Gasteiger partial charge is 0.332 e. The van der Waals surface area contributed by atoms with Crippen molar-refractivity contribution in [3.05, 3.63) is 56.6 Å². The van der Waals surface area contributed by atoms with Crippen molar-refractivity contribution in [3.8, 4) is 12.0 Å². The second-order valence-electron chi connectivity index (χ2n) is 16.2. The quantitative estimate of drug-likeness (QED) is 0.329. The summed E-state index contributed by atoms with van der Waals surface area (Å²) in [5, 5.41) is 15.5. The van der Waals surface area contributed by atoms with Gasteiger partial charge in [0.25, 0.3) is 6.26 Å². The molecule has 2 fully saturated rings. The van der Waals surface area contributed by atoms with Gasteiger partial charge in [0.2, 0.25) is 31.9 Å². The number of rotatable bonds is 7. The fourth-order valence-corrected chi connectivity index (χ4v) is 11.7. The molecule has 0 saturated carbocycles. The number of carbonyl (C=O) groups excluding carboxylic acids is 3. The predicted molar refractivity (Wildman–Crippen MR) is 221 cm³/mol. The van der Waals surface area contributed by atoms with Crippen LogP contribution < -0.4 is 19.9 Å². The predicted octanol–water partition coefficient (Wildman–Crippen LogP) is 4.72. The Morgan fingerprint density at radius 1 is 0.690 bits per heavy atom. The van der Waals surface area contributed by atoms with Crippen molar-refractivity contribution in [3.63, 3.8) is 0 Å². The Kier molecular flexibility index (Phi) is 14.1. The Morgan fingerprint density at radius 2 is 1.09 bits per heavy atom. The van der Waals surface area contributed by atoms with Gasteiger partial charge in [0.05, 0.1) is 10.5 Å². The van der Waals surface area contributed by atoms with Gasteiger partial charge in [0.15, 0.2) is 0 Å². The number of urea groups is 1. The molecule has 2 aromatic carbocycles. The second kappa shape index (κ2) is 18.8. The van der Waals surface area contributed by atoms with E-state index in [0.717, 1.165) is 75.6 Å². The number of hydrogen-bond acceptors (Lipinski definition) is 9. The van der Waals surface area contributed by atoms with Crippen LogP contribution in [0.2, 0.25) is 0 Å². The monoisotopic (exact) mass is 838 g/mol. The van der Waals surface area contributed by atoms with Crippen molar-refractivity contribution < 1.29 is 36.0 Å². The molecule has 6 aliphatic rings. The van der Waals surface area contributed by atoms with Gasteiger partial charge in [-0.15, -0.1) is 5.26 Å². The molecule has 0 radical (unpaired) electrons. The number of piperidine rings is 2. The van der Waals surface area contributed by atoms with E-state index in [1.165, 1.54) is 57.3 Å². The van der Waals surface area contributed by atoms with Crippen molar-refractivity contribution in [1.29, 1.82) is 5.26 Å². The lowest BCUT2D eigenvalue weighted by molar-refractivity contribution is -0.132. The number of ether oxygens (including phenoxy) is 1. The summed E-state index contributed by atoms with van der Waals surface area (Å²) >= 11 is 0. The lowest BCUT2D eigenvalue weighted by Crippen LogP contribution is -2.47. The lowest BCUT2D eigenvalue weighted by Gasteiger charge is -2.31. The SMILES string of the molecule is CCC(=O)N1CCC(S(=O)(=O)NC(=O)Nc2c3c(cc4c2CCC4)CCC3)CC1.CCC(=O)N1CCC(S(N)(=O)=O)CC1.N#COc1c2c(cc3c1CCC3)CCC2. The maximum Gasteiger partial charge on any atom is 0.332 e. The maximum atomic E-state index is 12.7. The summed E-state index contributed by atoms with van der Waals surface area (Å²) in [6.45, 7) is 5.45. The van der Waals surface area contributed by atoms with Crippen LogP contribution in [0.3, 0.4) is 0 Å². The molecule has 8 rings (SSSR count). The highest BCUT2D eigenvalue weighted by atomic mass is 32.2. The molecule has 2 heterocycles. The fourth-order valence-electron chi connectivity index (χ4n) is 9.55. The Hall–Kier alpha value is -4.20. The highest BCUT2D eigenvalue weighted by Gasteiger charge is 2.34. The van der Waals surface area contributed by atoms with Gasteiger partial charge in [-0.05, 0) is 147 Å². The maximum absolute atomic E-state index is 12.7. The summed E-state index contributed by atoms with van der Waals surface area (Å²) in [4.78, 5) is 39.1. The number of nitrogens with zero attached hydrogens (tertiary/aromatic N) is 3. The zero-order valence-electron chi connectivity index (χ0n) is 33.9. The number of nitriles is 1. The number of aryl methyl sites for hydroxylation is 4. The van der Waals surface area contributed by atoms with Crippen molar-refractivity contribution in [2.24, 2.45) is 5.14 Å². The molecule has 0 atom stereocenters. The first kappa shape index (κ1) is 43.4. The lowest BCUT2D eigenvalue weighted by atomic mass is 9.99. The topological polar surface area (TPSA) is 209 Å². The molecule has 58 heavy (non-hydrogen) atoms. The Morgan fingerprint density at radius 3 is 1.48 bits per heavy atom. The molecule has 2 saturated heterocycles. The largest absolute Gasteiger partial charge is 0.387 e. The molecule has 2 aliphatic heterocycles. The number of fused-ring (bicyclic) bond motifs is 4. The highest BCUT2D eigenvalue weighted by Crippen LogP contribution is 2.40. The van der Waals surface area contributed by atoms with Gasteiger partial charge >= 0.3 is 6.03 Å². The number of amides is 4. The third kappa shape index (κ3) is 9.97. The van der Waals surface area contributed by atoms with Crippen LogP contribution in [-0.2, 0) is 81.0 Å². The van der Waals surface area contributed by atoms with Crippen LogP contribution in [0, 0.1) is 11.5 Å². The van der Waals surface area contributed by atoms with E-state index in [9.17, 15) is 31.2 Å². The molecule has 0 unspecified atom stereocenters. The molecule has 0 spiro atoms. The van der Waals surface area contributed by atoms with E-state index < -0.39 is 36.6 Å². The second-order valence-corrected chi connectivity index (χ2v) is 20.0. The third-order valence-electron chi connectivity index (χ3n) is 12.6. The number of likely N-dealkylation sites (tertiary alicyclic amines) is 2. The molecule has 16 heteroatoms. The minimum absolute atomic E-state index is 0.0401. The minimum Gasteiger partial charge on any atom is -0.387 e. The van der Waals surface area contributed by atoms with E-state index in [2.05, 4.69) is 22.2 Å². The van der Waals surface area contributed by atoms with Crippen LogP contribution in [0.1, 0.15) is 123 Å². The molecule has 14 nitrogen and oxygen atoms in total. The van der Waals surface area contributed by atoms with Gasteiger partial charge in [-0.3, -0.25) is 9.59 Å². The van der Waals surface area contributed by atoms with Crippen LogP contribution in [0.4, 0.5) is 10.5 Å². The van der Waals surface area contributed by atoms with E-state index in [1.54, 1.807) is 23.6 Å². The van der Waals surface area contributed by atoms with Gasteiger partial charge in [-0.25, -0.2) is 31.5 Å². The average Bonchev–Trinajstić information content (AvgIpc) is 4.05. The standard InChI is InChI=1S/C21H29N3O4S.C13H13NO.C8H16N2O3S/c1-2-19(25)24-11-9-16(10-12-24)29(27,28)23-21(26)22-20-17-7-3-5-14(17)13-15-6-4-8-18(15)20;14-8-15-13-11-5-1-3-9(11)7-10-4-2-6-12(10)13;1-2-8(11)10-5-3-7(4-6-10)14(9,12)13/h13,16H,2-12H2,1H3,(H2,22,23,26);7H,1-6H2;7H,2-6H2,1H3,(H2,9,12,13).